The Hall–Kier alpha value is -0.520. The molecule has 0 aliphatic rings. The fourth-order valence-electron chi connectivity index (χ4n) is 2.00. The van der Waals surface area contributed by atoms with Crippen LogP contribution in [-0.4, -0.2) is 24.0 Å². The molecule has 2 aromatic carbocycles. The molecule has 0 atom stereocenters. The second-order valence-electron chi connectivity index (χ2n) is 5.22. The lowest BCUT2D eigenvalue weighted by Crippen LogP contribution is -2.27. The van der Waals surface area contributed by atoms with Gasteiger partial charge in [0.25, 0.3) is 0 Å². The van der Waals surface area contributed by atoms with Crippen molar-refractivity contribution < 1.29 is 4.79 Å². The fourth-order valence-corrected chi connectivity index (χ4v) is 4.56. The van der Waals surface area contributed by atoms with Crippen LogP contribution < -0.4 is 5.32 Å². The van der Waals surface area contributed by atoms with Gasteiger partial charge in [-0.3, -0.25) is 4.79 Å². The first-order chi connectivity index (χ1) is 12.1. The average molecular weight is 435 g/mol. The number of amides is 1. The molecule has 0 saturated carbocycles. The summed E-state index contributed by atoms with van der Waals surface area (Å²) in [5, 5.41) is 4.97. The van der Waals surface area contributed by atoms with Gasteiger partial charge in [-0.05, 0) is 29.3 Å². The highest BCUT2D eigenvalue weighted by Crippen LogP contribution is 2.24. The van der Waals surface area contributed by atoms with E-state index in [1.807, 2.05) is 30.3 Å². The van der Waals surface area contributed by atoms with Gasteiger partial charge in [0.15, 0.2) is 0 Å². The largest absolute Gasteiger partial charge is 0.355 e. The number of benzene rings is 2. The van der Waals surface area contributed by atoms with Crippen LogP contribution in [0.25, 0.3) is 0 Å². The third-order valence-corrected chi connectivity index (χ3v) is 6.23. The minimum atomic E-state index is 0.0356. The second-order valence-corrected chi connectivity index (χ2v) is 8.56. The Morgan fingerprint density at radius 1 is 0.920 bits per heavy atom. The van der Waals surface area contributed by atoms with Crippen molar-refractivity contribution in [2.45, 2.75) is 11.5 Å². The minimum Gasteiger partial charge on any atom is -0.355 e. The molecular weight excluding hydrogens is 417 g/mol. The lowest BCUT2D eigenvalue weighted by molar-refractivity contribution is -0.118. The van der Waals surface area contributed by atoms with Gasteiger partial charge in [0, 0.05) is 38.9 Å². The molecule has 7 heteroatoms. The van der Waals surface area contributed by atoms with E-state index in [1.54, 1.807) is 23.9 Å². The monoisotopic (exact) mass is 433 g/mol. The molecule has 0 aliphatic heterocycles. The molecule has 1 amide bonds. The number of halogens is 3. The molecule has 0 aliphatic carbocycles. The predicted molar refractivity (Wildman–Crippen MR) is 113 cm³/mol. The highest BCUT2D eigenvalue weighted by atomic mass is 35.5. The van der Waals surface area contributed by atoms with Crippen LogP contribution in [0.15, 0.2) is 42.5 Å². The number of thioether (sulfide) groups is 2. The van der Waals surface area contributed by atoms with Crippen molar-refractivity contribution in [3.8, 4) is 0 Å². The van der Waals surface area contributed by atoms with Crippen LogP contribution in [0.1, 0.15) is 11.1 Å². The maximum Gasteiger partial charge on any atom is 0.230 e. The van der Waals surface area contributed by atoms with Crippen LogP contribution in [0.2, 0.25) is 15.1 Å². The van der Waals surface area contributed by atoms with Gasteiger partial charge in [-0.2, -0.15) is 11.8 Å². The van der Waals surface area contributed by atoms with E-state index in [1.165, 1.54) is 11.8 Å². The van der Waals surface area contributed by atoms with Gasteiger partial charge in [-0.1, -0.05) is 59.1 Å². The standard InChI is InChI=1S/C18H18Cl3NOS2/c19-15-6-5-14(17(21)9-15)11-25-12-18(23)22-7-8-24-10-13-3-1-2-4-16(13)20/h1-6,9H,7-8,10-12H2,(H,22,23). The summed E-state index contributed by atoms with van der Waals surface area (Å²) in [4.78, 5) is 11.8. The molecule has 2 nitrogen and oxygen atoms in total. The summed E-state index contributed by atoms with van der Waals surface area (Å²) in [5.41, 5.74) is 2.11. The molecule has 0 heterocycles. The Bertz CT molecular complexity index is 712. The molecule has 2 aromatic rings. The summed E-state index contributed by atoms with van der Waals surface area (Å²) < 4.78 is 0. The second kappa shape index (κ2) is 11.2. The summed E-state index contributed by atoms with van der Waals surface area (Å²) in [5.74, 6) is 2.83. The van der Waals surface area contributed by atoms with E-state index < -0.39 is 0 Å². The molecule has 2 rings (SSSR count). The number of hydrogen-bond donors (Lipinski definition) is 1. The molecule has 0 radical (unpaired) electrons. The minimum absolute atomic E-state index is 0.0356. The van der Waals surface area contributed by atoms with E-state index in [2.05, 4.69) is 5.32 Å². The van der Waals surface area contributed by atoms with Crippen molar-refractivity contribution in [1.82, 2.24) is 5.32 Å². The lowest BCUT2D eigenvalue weighted by Gasteiger charge is -2.07. The SMILES string of the molecule is O=C(CSCc1ccc(Cl)cc1Cl)NCCSCc1ccccc1Cl. The molecular formula is C18H18Cl3NOS2. The fraction of sp³-hybridized carbons (Fsp3) is 0.278. The number of hydrogen-bond acceptors (Lipinski definition) is 3. The number of rotatable bonds is 9. The highest BCUT2D eigenvalue weighted by Gasteiger charge is 2.05. The van der Waals surface area contributed by atoms with Gasteiger partial charge in [0.1, 0.15) is 0 Å². The first-order valence-corrected chi connectivity index (χ1v) is 11.1. The maximum absolute atomic E-state index is 11.8. The quantitative estimate of drug-likeness (QED) is 0.496. The first kappa shape index (κ1) is 20.8. The lowest BCUT2D eigenvalue weighted by atomic mass is 10.2. The number of carbonyl (C=O) groups is 1. The van der Waals surface area contributed by atoms with Crippen molar-refractivity contribution in [2.75, 3.05) is 18.1 Å². The molecule has 0 saturated heterocycles. The van der Waals surface area contributed by atoms with Gasteiger partial charge >= 0.3 is 0 Å². The zero-order chi connectivity index (χ0) is 18.1. The van der Waals surface area contributed by atoms with Crippen LogP contribution >= 0.6 is 58.3 Å². The van der Waals surface area contributed by atoms with E-state index in [-0.39, 0.29) is 5.91 Å². The Morgan fingerprint density at radius 3 is 2.40 bits per heavy atom. The molecule has 0 bridgehead atoms. The number of carbonyl (C=O) groups excluding carboxylic acids is 1. The molecule has 25 heavy (non-hydrogen) atoms. The van der Waals surface area contributed by atoms with E-state index in [4.69, 9.17) is 34.8 Å². The smallest absolute Gasteiger partial charge is 0.230 e. The van der Waals surface area contributed by atoms with E-state index in [0.29, 0.717) is 28.1 Å². The molecule has 0 unspecified atom stereocenters. The average Bonchev–Trinajstić information content (AvgIpc) is 2.58. The Labute approximate surface area is 172 Å². The van der Waals surface area contributed by atoms with Gasteiger partial charge in [0.2, 0.25) is 5.91 Å². The van der Waals surface area contributed by atoms with Gasteiger partial charge in [-0.25, -0.2) is 0 Å². The maximum atomic E-state index is 11.8. The van der Waals surface area contributed by atoms with E-state index in [0.717, 1.165) is 27.7 Å². The van der Waals surface area contributed by atoms with Crippen LogP contribution in [0, 0.1) is 0 Å². The zero-order valence-corrected chi connectivity index (χ0v) is 17.3. The van der Waals surface area contributed by atoms with Crippen LogP contribution in [0.4, 0.5) is 0 Å². The van der Waals surface area contributed by atoms with Crippen molar-refractivity contribution >= 4 is 64.2 Å². The van der Waals surface area contributed by atoms with Crippen LogP contribution in [-0.2, 0) is 16.3 Å². The van der Waals surface area contributed by atoms with E-state index in [9.17, 15) is 4.79 Å². The molecule has 1 N–H and O–H groups in total. The summed E-state index contributed by atoms with van der Waals surface area (Å²) in [6.07, 6.45) is 0. The van der Waals surface area contributed by atoms with Crippen molar-refractivity contribution in [3.05, 3.63) is 68.7 Å². The third kappa shape index (κ3) is 7.71. The van der Waals surface area contributed by atoms with Gasteiger partial charge in [-0.15, -0.1) is 11.8 Å². The van der Waals surface area contributed by atoms with Gasteiger partial charge < -0.3 is 5.32 Å². The van der Waals surface area contributed by atoms with Crippen LogP contribution in [0.5, 0.6) is 0 Å². The van der Waals surface area contributed by atoms with Crippen molar-refractivity contribution in [3.63, 3.8) is 0 Å². The summed E-state index contributed by atoms with van der Waals surface area (Å²) in [6, 6.07) is 13.2. The number of nitrogens with one attached hydrogen (secondary N) is 1. The summed E-state index contributed by atoms with van der Waals surface area (Å²) in [6.45, 7) is 0.649. The first-order valence-electron chi connectivity index (χ1n) is 7.66. The third-order valence-electron chi connectivity index (χ3n) is 3.29. The predicted octanol–water partition coefficient (Wildman–Crippen LogP) is 5.93. The topological polar surface area (TPSA) is 29.1 Å². The van der Waals surface area contributed by atoms with Crippen molar-refractivity contribution in [1.29, 1.82) is 0 Å². The summed E-state index contributed by atoms with van der Waals surface area (Å²) >= 11 is 21.4. The molecule has 0 aromatic heterocycles. The summed E-state index contributed by atoms with van der Waals surface area (Å²) in [7, 11) is 0. The molecule has 0 fully saturated rings. The molecule has 0 spiro atoms. The van der Waals surface area contributed by atoms with Gasteiger partial charge in [0.05, 0.1) is 5.75 Å². The zero-order valence-electron chi connectivity index (χ0n) is 13.4. The Kier molecular flexibility index (Phi) is 9.35. The van der Waals surface area contributed by atoms with E-state index >= 15 is 0 Å². The normalized spacial score (nSPS) is 10.7. The van der Waals surface area contributed by atoms with Crippen molar-refractivity contribution in [2.24, 2.45) is 0 Å². The highest BCUT2D eigenvalue weighted by molar-refractivity contribution is 7.99. The Morgan fingerprint density at radius 2 is 1.64 bits per heavy atom. The van der Waals surface area contributed by atoms with Crippen LogP contribution in [0.3, 0.4) is 0 Å². The Balaban J connectivity index is 1.57. The molecule has 134 valence electrons.